The zero-order chi connectivity index (χ0) is 21.8. The molecule has 0 aliphatic heterocycles. The molecule has 0 unspecified atom stereocenters. The third kappa shape index (κ3) is 7.30. The molecule has 0 aliphatic carbocycles. The van der Waals surface area contributed by atoms with Crippen LogP contribution in [-0.2, 0) is 17.5 Å². The summed E-state index contributed by atoms with van der Waals surface area (Å²) in [4.78, 5) is 26.9. The van der Waals surface area contributed by atoms with Gasteiger partial charge in [-0.05, 0) is 56.7 Å². The van der Waals surface area contributed by atoms with E-state index >= 15 is 0 Å². The van der Waals surface area contributed by atoms with Crippen LogP contribution in [0.25, 0.3) is 0 Å². The van der Waals surface area contributed by atoms with Crippen LogP contribution in [0, 0.1) is 0 Å². The number of aromatic nitrogens is 1. The molecule has 2 aromatic rings. The van der Waals surface area contributed by atoms with Crippen molar-refractivity contribution in [1.82, 2.24) is 10.3 Å². The number of halogens is 3. The standard InChI is InChI=1S/C19H19F3N2O4S/c1-18(2,3)28-17(27)23-10-11-7-14(19(20,21)22)24-15(8-11)29-13-6-4-5-12(9-13)16(25)26/h4-9H,10H2,1-3H3,(H,23,27)(H,25,26). The number of nitrogens with one attached hydrogen (secondary N) is 1. The van der Waals surface area contributed by atoms with Crippen molar-refractivity contribution in [3.8, 4) is 0 Å². The average molecular weight is 428 g/mol. The van der Waals surface area contributed by atoms with Crippen LogP contribution in [0.3, 0.4) is 0 Å². The number of carboxylic acid groups (broad SMARTS) is 1. The molecule has 10 heteroatoms. The Bertz CT molecular complexity index is 911. The highest BCUT2D eigenvalue weighted by molar-refractivity contribution is 7.99. The lowest BCUT2D eigenvalue weighted by atomic mass is 10.2. The number of amides is 1. The normalized spacial score (nSPS) is 11.8. The van der Waals surface area contributed by atoms with E-state index in [-0.39, 0.29) is 22.7 Å². The van der Waals surface area contributed by atoms with Crippen LogP contribution in [0.4, 0.5) is 18.0 Å². The number of benzene rings is 1. The molecule has 0 saturated carbocycles. The summed E-state index contributed by atoms with van der Waals surface area (Å²) in [5, 5.41) is 11.5. The maximum Gasteiger partial charge on any atom is 0.433 e. The van der Waals surface area contributed by atoms with E-state index in [0.717, 1.165) is 17.8 Å². The van der Waals surface area contributed by atoms with Gasteiger partial charge in [0.1, 0.15) is 16.3 Å². The molecule has 0 saturated heterocycles. The summed E-state index contributed by atoms with van der Waals surface area (Å²) in [6.07, 6.45) is -5.44. The second-order valence-electron chi connectivity index (χ2n) is 6.99. The van der Waals surface area contributed by atoms with E-state index in [9.17, 15) is 22.8 Å². The Morgan fingerprint density at radius 3 is 2.45 bits per heavy atom. The van der Waals surface area contributed by atoms with Crippen molar-refractivity contribution in [3.63, 3.8) is 0 Å². The molecule has 0 spiro atoms. The molecule has 2 N–H and O–H groups in total. The minimum Gasteiger partial charge on any atom is -0.478 e. The number of rotatable bonds is 5. The van der Waals surface area contributed by atoms with Gasteiger partial charge < -0.3 is 15.2 Å². The molecule has 2 rings (SSSR count). The molecule has 29 heavy (non-hydrogen) atoms. The summed E-state index contributed by atoms with van der Waals surface area (Å²) in [5.41, 5.74) is -1.67. The van der Waals surface area contributed by atoms with Crippen molar-refractivity contribution >= 4 is 23.8 Å². The number of pyridine rings is 1. The smallest absolute Gasteiger partial charge is 0.433 e. The Labute approximate surface area is 169 Å². The Balaban J connectivity index is 2.26. The van der Waals surface area contributed by atoms with E-state index in [1.54, 1.807) is 26.8 Å². The second kappa shape index (κ2) is 8.73. The van der Waals surface area contributed by atoms with E-state index in [2.05, 4.69) is 10.3 Å². The fraction of sp³-hybridized carbons (Fsp3) is 0.316. The zero-order valence-corrected chi connectivity index (χ0v) is 16.6. The first kappa shape index (κ1) is 22.5. The highest BCUT2D eigenvalue weighted by Gasteiger charge is 2.33. The summed E-state index contributed by atoms with van der Waals surface area (Å²) >= 11 is 0.889. The van der Waals surface area contributed by atoms with Gasteiger partial charge in [0.2, 0.25) is 0 Å². The molecule has 0 bridgehead atoms. The predicted molar refractivity (Wildman–Crippen MR) is 99.8 cm³/mol. The Kier molecular flexibility index (Phi) is 6.78. The molecule has 0 aliphatic rings. The van der Waals surface area contributed by atoms with Gasteiger partial charge in [-0.2, -0.15) is 13.2 Å². The van der Waals surface area contributed by atoms with Crippen LogP contribution >= 0.6 is 11.8 Å². The molecule has 0 atom stereocenters. The number of alkyl halides is 3. The van der Waals surface area contributed by atoms with Crippen molar-refractivity contribution in [2.45, 2.75) is 49.0 Å². The molecule has 1 amide bonds. The van der Waals surface area contributed by atoms with Crippen LogP contribution in [0.1, 0.15) is 42.4 Å². The van der Waals surface area contributed by atoms with Crippen LogP contribution in [0.5, 0.6) is 0 Å². The first-order chi connectivity index (χ1) is 13.3. The van der Waals surface area contributed by atoms with Gasteiger partial charge in [0, 0.05) is 11.4 Å². The molecule has 1 aromatic heterocycles. The number of hydrogen-bond donors (Lipinski definition) is 2. The van der Waals surface area contributed by atoms with E-state index in [1.807, 2.05) is 0 Å². The molecule has 1 aromatic carbocycles. The minimum absolute atomic E-state index is 0.00814. The second-order valence-corrected chi connectivity index (χ2v) is 8.08. The topological polar surface area (TPSA) is 88.5 Å². The third-order valence-corrected chi connectivity index (χ3v) is 4.20. The van der Waals surface area contributed by atoms with Crippen molar-refractivity contribution in [2.24, 2.45) is 0 Å². The number of hydrogen-bond acceptors (Lipinski definition) is 5. The van der Waals surface area contributed by atoms with Crippen molar-refractivity contribution < 1.29 is 32.6 Å². The fourth-order valence-electron chi connectivity index (χ4n) is 2.16. The first-order valence-corrected chi connectivity index (χ1v) is 9.21. The van der Waals surface area contributed by atoms with E-state index in [4.69, 9.17) is 9.84 Å². The molecule has 6 nitrogen and oxygen atoms in total. The number of carbonyl (C=O) groups excluding carboxylic acids is 1. The van der Waals surface area contributed by atoms with Crippen LogP contribution < -0.4 is 5.32 Å². The number of aromatic carboxylic acids is 1. The summed E-state index contributed by atoms with van der Waals surface area (Å²) in [6.45, 7) is 4.81. The number of ether oxygens (including phenoxy) is 1. The lowest BCUT2D eigenvalue weighted by molar-refractivity contribution is -0.141. The molecular weight excluding hydrogens is 409 g/mol. The summed E-state index contributed by atoms with van der Waals surface area (Å²) in [5.74, 6) is -1.15. The van der Waals surface area contributed by atoms with Crippen LogP contribution in [0.2, 0.25) is 0 Å². The van der Waals surface area contributed by atoms with Gasteiger partial charge in [-0.1, -0.05) is 17.8 Å². The highest BCUT2D eigenvalue weighted by atomic mass is 32.2. The summed E-state index contributed by atoms with van der Waals surface area (Å²) in [6, 6.07) is 8.01. The molecule has 156 valence electrons. The average Bonchev–Trinajstić information content (AvgIpc) is 2.58. The lowest BCUT2D eigenvalue weighted by Gasteiger charge is -2.20. The fourth-order valence-corrected chi connectivity index (χ4v) is 3.09. The van der Waals surface area contributed by atoms with E-state index < -0.39 is 29.5 Å². The van der Waals surface area contributed by atoms with Gasteiger partial charge in [0.05, 0.1) is 5.56 Å². The van der Waals surface area contributed by atoms with Gasteiger partial charge in [0.25, 0.3) is 0 Å². The number of nitrogens with zero attached hydrogens (tertiary/aromatic N) is 1. The molecule has 1 heterocycles. The monoisotopic (exact) mass is 428 g/mol. The van der Waals surface area contributed by atoms with Crippen molar-refractivity contribution in [1.29, 1.82) is 0 Å². The SMILES string of the molecule is CC(C)(C)OC(=O)NCc1cc(Sc2cccc(C(=O)O)c2)nc(C(F)(F)F)c1. The Morgan fingerprint density at radius 2 is 1.86 bits per heavy atom. The van der Waals surface area contributed by atoms with Crippen LogP contribution in [-0.4, -0.2) is 27.8 Å². The molecular formula is C19H19F3N2O4S. The molecule has 0 radical (unpaired) electrons. The molecule has 0 fully saturated rings. The van der Waals surface area contributed by atoms with Gasteiger partial charge in [-0.3, -0.25) is 0 Å². The number of carboxylic acids is 1. The highest BCUT2D eigenvalue weighted by Crippen LogP contribution is 2.33. The van der Waals surface area contributed by atoms with Crippen molar-refractivity contribution in [2.75, 3.05) is 0 Å². The first-order valence-electron chi connectivity index (χ1n) is 8.40. The maximum absolute atomic E-state index is 13.2. The Hall–Kier alpha value is -2.75. The third-order valence-electron chi connectivity index (χ3n) is 3.29. The van der Waals surface area contributed by atoms with Gasteiger partial charge >= 0.3 is 18.2 Å². The van der Waals surface area contributed by atoms with Gasteiger partial charge in [0.15, 0.2) is 0 Å². The largest absolute Gasteiger partial charge is 0.478 e. The lowest BCUT2D eigenvalue weighted by Crippen LogP contribution is -2.32. The quantitative estimate of drug-likeness (QED) is 0.699. The number of carbonyl (C=O) groups is 2. The predicted octanol–water partition coefficient (Wildman–Crippen LogP) is 4.97. The maximum atomic E-state index is 13.2. The van der Waals surface area contributed by atoms with Gasteiger partial charge in [-0.25, -0.2) is 14.6 Å². The van der Waals surface area contributed by atoms with Crippen LogP contribution in [0.15, 0.2) is 46.3 Å². The van der Waals surface area contributed by atoms with E-state index in [0.29, 0.717) is 4.90 Å². The van der Waals surface area contributed by atoms with E-state index in [1.165, 1.54) is 24.3 Å². The van der Waals surface area contributed by atoms with Gasteiger partial charge in [-0.15, -0.1) is 0 Å². The number of alkyl carbamates (subject to hydrolysis) is 1. The van der Waals surface area contributed by atoms with Crippen molar-refractivity contribution in [3.05, 3.63) is 53.2 Å². The summed E-state index contributed by atoms with van der Waals surface area (Å²) in [7, 11) is 0. The Morgan fingerprint density at radius 1 is 1.17 bits per heavy atom. The zero-order valence-electron chi connectivity index (χ0n) is 15.8. The minimum atomic E-state index is -4.68. The summed E-state index contributed by atoms with van der Waals surface area (Å²) < 4.78 is 44.7.